The second-order valence-electron chi connectivity index (χ2n) is 9.85. The number of amides is 1. The third-order valence-electron chi connectivity index (χ3n) is 7.15. The van der Waals surface area contributed by atoms with E-state index in [1.54, 1.807) is 21.9 Å². The molecule has 0 radical (unpaired) electrons. The van der Waals surface area contributed by atoms with E-state index in [1.165, 1.54) is 0 Å². The van der Waals surface area contributed by atoms with Crippen LogP contribution in [-0.4, -0.2) is 61.1 Å². The van der Waals surface area contributed by atoms with E-state index in [1.807, 2.05) is 12.1 Å². The van der Waals surface area contributed by atoms with Crippen molar-refractivity contribution in [2.24, 2.45) is 0 Å². The van der Waals surface area contributed by atoms with Gasteiger partial charge in [0.15, 0.2) is 11.5 Å². The number of nitrogens with zero attached hydrogens (tertiary/aromatic N) is 5. The second kappa shape index (κ2) is 11.3. The molecule has 3 aromatic rings. The maximum absolute atomic E-state index is 13.9. The minimum atomic E-state index is -5.01. The maximum Gasteiger partial charge on any atom is 0.416 e. The summed E-state index contributed by atoms with van der Waals surface area (Å²) in [4.78, 5) is 17.2. The molecule has 2 aliphatic rings. The fourth-order valence-corrected chi connectivity index (χ4v) is 6.53. The first-order valence-electron chi connectivity index (χ1n) is 12.7. The lowest BCUT2D eigenvalue weighted by molar-refractivity contribution is -0.143. The molecule has 1 aromatic heterocycles. The fourth-order valence-electron chi connectivity index (χ4n) is 5.21. The van der Waals surface area contributed by atoms with E-state index < -0.39 is 46.7 Å². The lowest BCUT2D eigenvalue weighted by atomic mass is 10.0. The Labute approximate surface area is 238 Å². The summed E-state index contributed by atoms with van der Waals surface area (Å²) >= 11 is 6.40. The zero-order chi connectivity index (χ0) is 29.5. The van der Waals surface area contributed by atoms with Crippen LogP contribution in [0.4, 0.5) is 32.2 Å². The van der Waals surface area contributed by atoms with Crippen LogP contribution < -0.4 is 4.90 Å². The van der Waals surface area contributed by atoms with Gasteiger partial charge in [-0.05, 0) is 48.2 Å². The minimum Gasteiger partial charge on any atom is -0.353 e. The standard InChI is InChI=1S/C26H24ClF6N5O2S/c27-20-5-2-1-4-19(20)21-6-3-7-37(21)24(39)22-23(36-8-10-41(40)11-9-36)38(35-34-22)15-16-12-17(25(28,29)30)14-18(13-16)26(31,32)33/h1-2,4-5,12-14,21H,3,6-11,15H2/t21-/m1/s1. The molecule has 5 rings (SSSR count). The normalized spacial score (nSPS) is 18.8. The highest BCUT2D eigenvalue weighted by Gasteiger charge is 2.39. The summed E-state index contributed by atoms with van der Waals surface area (Å²) < 4.78 is 94.0. The first kappa shape index (κ1) is 29.4. The third-order valence-corrected chi connectivity index (χ3v) is 8.77. The Kier molecular flexibility index (Phi) is 8.07. The van der Waals surface area contributed by atoms with Crippen LogP contribution in [0.1, 0.15) is 51.6 Å². The van der Waals surface area contributed by atoms with Gasteiger partial charge in [-0.3, -0.25) is 9.00 Å². The lowest BCUT2D eigenvalue weighted by Crippen LogP contribution is -2.41. The van der Waals surface area contributed by atoms with Crippen molar-refractivity contribution < 1.29 is 35.3 Å². The molecule has 2 saturated heterocycles. The molecule has 0 spiro atoms. The zero-order valence-electron chi connectivity index (χ0n) is 21.4. The first-order valence-corrected chi connectivity index (χ1v) is 14.6. The van der Waals surface area contributed by atoms with Crippen molar-refractivity contribution in [2.45, 2.75) is 37.8 Å². The average molecular weight is 620 g/mol. The summed E-state index contributed by atoms with van der Waals surface area (Å²) in [7, 11) is -1.10. The summed E-state index contributed by atoms with van der Waals surface area (Å²) in [6, 6.07) is 8.09. The van der Waals surface area contributed by atoms with Gasteiger partial charge in [0.25, 0.3) is 5.91 Å². The van der Waals surface area contributed by atoms with E-state index in [4.69, 9.17) is 11.6 Å². The predicted octanol–water partition coefficient (Wildman–Crippen LogP) is 5.56. The molecule has 3 heterocycles. The number of aromatic nitrogens is 3. The predicted molar refractivity (Wildman–Crippen MR) is 140 cm³/mol. The van der Waals surface area contributed by atoms with Gasteiger partial charge in [-0.15, -0.1) is 5.10 Å². The maximum atomic E-state index is 13.9. The highest BCUT2D eigenvalue weighted by molar-refractivity contribution is 7.85. The molecule has 2 aromatic carbocycles. The molecule has 2 fully saturated rings. The largest absolute Gasteiger partial charge is 0.416 e. The number of carbonyl (C=O) groups excluding carboxylic acids is 1. The van der Waals surface area contributed by atoms with Crippen LogP contribution in [0.15, 0.2) is 42.5 Å². The molecule has 15 heteroatoms. The van der Waals surface area contributed by atoms with Gasteiger partial charge in [-0.2, -0.15) is 26.3 Å². The van der Waals surface area contributed by atoms with Gasteiger partial charge in [0.1, 0.15) is 0 Å². The van der Waals surface area contributed by atoms with E-state index in [-0.39, 0.29) is 53.8 Å². The minimum absolute atomic E-state index is 0.0584. The van der Waals surface area contributed by atoms with Gasteiger partial charge in [0.05, 0.1) is 23.7 Å². The smallest absolute Gasteiger partial charge is 0.353 e. The van der Waals surface area contributed by atoms with Gasteiger partial charge in [0.2, 0.25) is 0 Å². The van der Waals surface area contributed by atoms with Crippen molar-refractivity contribution in [2.75, 3.05) is 36.0 Å². The molecule has 0 N–H and O–H groups in total. The molecule has 1 atom stereocenters. The van der Waals surface area contributed by atoms with E-state index in [9.17, 15) is 35.3 Å². The van der Waals surface area contributed by atoms with Crippen LogP contribution >= 0.6 is 11.6 Å². The number of carbonyl (C=O) groups is 1. The SMILES string of the molecule is O=C(c1nnn(Cc2cc(C(F)(F)F)cc(C(F)(F)F)c2)c1N1CCS(=O)CC1)N1CCC[C@@H]1c1ccccc1Cl. The molecule has 0 bridgehead atoms. The van der Waals surface area contributed by atoms with Crippen LogP contribution in [0.5, 0.6) is 0 Å². The number of likely N-dealkylation sites (tertiary alicyclic amines) is 1. The molecular formula is C26H24ClF6N5O2S. The quantitative estimate of drug-likeness (QED) is 0.350. The Morgan fingerprint density at radius 1 is 0.976 bits per heavy atom. The summed E-state index contributed by atoms with van der Waals surface area (Å²) in [5, 5.41) is 8.57. The summed E-state index contributed by atoms with van der Waals surface area (Å²) in [5.74, 6) is 0.210. The Bertz CT molecular complexity index is 1440. The van der Waals surface area contributed by atoms with Gasteiger partial charge in [-0.1, -0.05) is 35.0 Å². The Balaban J connectivity index is 1.54. The summed E-state index contributed by atoms with van der Waals surface area (Å²) in [6.45, 7) is 0.374. The molecule has 2 aliphatic heterocycles. The van der Waals surface area contributed by atoms with Crippen LogP contribution in [-0.2, 0) is 29.7 Å². The number of alkyl halides is 6. The van der Waals surface area contributed by atoms with E-state index >= 15 is 0 Å². The number of benzene rings is 2. The molecule has 41 heavy (non-hydrogen) atoms. The van der Waals surface area contributed by atoms with E-state index in [2.05, 4.69) is 10.3 Å². The first-order chi connectivity index (χ1) is 19.3. The monoisotopic (exact) mass is 619 g/mol. The van der Waals surface area contributed by atoms with Crippen molar-refractivity contribution >= 4 is 34.1 Å². The van der Waals surface area contributed by atoms with Gasteiger partial charge in [-0.25, -0.2) is 4.68 Å². The van der Waals surface area contributed by atoms with E-state index in [0.29, 0.717) is 36.5 Å². The number of halogens is 7. The summed E-state index contributed by atoms with van der Waals surface area (Å²) in [6.07, 6.45) is -8.68. The lowest BCUT2D eigenvalue weighted by Gasteiger charge is -2.30. The zero-order valence-corrected chi connectivity index (χ0v) is 23.0. The van der Waals surface area contributed by atoms with Crippen LogP contribution in [0.3, 0.4) is 0 Å². The topological polar surface area (TPSA) is 71.3 Å². The van der Waals surface area contributed by atoms with Crippen molar-refractivity contribution in [1.29, 1.82) is 0 Å². The molecule has 0 unspecified atom stereocenters. The van der Waals surface area contributed by atoms with E-state index in [0.717, 1.165) is 10.2 Å². The Hall–Kier alpha value is -3.13. The van der Waals surface area contributed by atoms with Crippen LogP contribution in [0.25, 0.3) is 0 Å². The Morgan fingerprint density at radius 3 is 2.22 bits per heavy atom. The van der Waals surface area contributed by atoms with Crippen molar-refractivity contribution in [3.05, 3.63) is 75.4 Å². The highest BCUT2D eigenvalue weighted by atomic mass is 35.5. The summed E-state index contributed by atoms with van der Waals surface area (Å²) in [5.41, 5.74) is -2.54. The number of hydrogen-bond acceptors (Lipinski definition) is 5. The Morgan fingerprint density at radius 2 is 1.61 bits per heavy atom. The van der Waals surface area contributed by atoms with Gasteiger partial charge < -0.3 is 9.80 Å². The van der Waals surface area contributed by atoms with Crippen molar-refractivity contribution in [1.82, 2.24) is 19.9 Å². The van der Waals surface area contributed by atoms with Crippen LogP contribution in [0.2, 0.25) is 5.02 Å². The van der Waals surface area contributed by atoms with Crippen molar-refractivity contribution in [3.63, 3.8) is 0 Å². The fraction of sp³-hybridized carbons (Fsp3) is 0.423. The number of hydrogen-bond donors (Lipinski definition) is 0. The second-order valence-corrected chi connectivity index (χ2v) is 11.9. The van der Waals surface area contributed by atoms with Crippen molar-refractivity contribution in [3.8, 4) is 0 Å². The molecule has 1 amide bonds. The number of anilines is 1. The molecule has 0 aliphatic carbocycles. The highest BCUT2D eigenvalue weighted by Crippen LogP contribution is 2.39. The molecule has 220 valence electrons. The molecular weight excluding hydrogens is 596 g/mol. The molecule has 7 nitrogen and oxygen atoms in total. The van der Waals surface area contributed by atoms with Gasteiger partial charge in [0, 0.05) is 47.0 Å². The third kappa shape index (κ3) is 6.22. The average Bonchev–Trinajstić information content (AvgIpc) is 3.56. The number of rotatable bonds is 5. The van der Waals surface area contributed by atoms with Gasteiger partial charge >= 0.3 is 12.4 Å². The van der Waals surface area contributed by atoms with Crippen LogP contribution in [0, 0.1) is 0 Å². The molecule has 0 saturated carbocycles.